The summed E-state index contributed by atoms with van der Waals surface area (Å²) < 4.78 is 26.2. The SMILES string of the molecule is Nc1ccncc1C(O)c1ccc(F)cc1F. The van der Waals surface area contributed by atoms with Crippen LogP contribution in [0.2, 0.25) is 0 Å². The maximum Gasteiger partial charge on any atom is 0.132 e. The van der Waals surface area contributed by atoms with Crippen LogP contribution >= 0.6 is 0 Å². The van der Waals surface area contributed by atoms with Gasteiger partial charge < -0.3 is 10.8 Å². The minimum atomic E-state index is -1.26. The van der Waals surface area contributed by atoms with E-state index in [1.54, 1.807) is 0 Å². The fourth-order valence-corrected chi connectivity index (χ4v) is 1.54. The molecule has 1 aromatic heterocycles. The Balaban J connectivity index is 2.44. The third kappa shape index (κ3) is 2.24. The number of nitrogen functional groups attached to an aromatic ring is 1. The van der Waals surface area contributed by atoms with E-state index in [0.717, 1.165) is 6.07 Å². The zero-order valence-electron chi connectivity index (χ0n) is 8.77. The molecule has 1 aromatic carbocycles. The summed E-state index contributed by atoms with van der Waals surface area (Å²) in [6, 6.07) is 4.47. The zero-order valence-corrected chi connectivity index (χ0v) is 8.77. The molecule has 1 atom stereocenters. The van der Waals surface area contributed by atoms with Gasteiger partial charge in [0.25, 0.3) is 0 Å². The highest BCUT2D eigenvalue weighted by molar-refractivity contribution is 5.48. The van der Waals surface area contributed by atoms with Gasteiger partial charge in [-0.2, -0.15) is 0 Å². The molecule has 3 nitrogen and oxygen atoms in total. The lowest BCUT2D eigenvalue weighted by Crippen LogP contribution is -2.06. The molecule has 2 rings (SSSR count). The molecule has 0 bridgehead atoms. The van der Waals surface area contributed by atoms with Crippen LogP contribution in [0.4, 0.5) is 14.5 Å². The molecular formula is C12H10F2N2O. The van der Waals surface area contributed by atoms with Gasteiger partial charge in [0.1, 0.15) is 17.7 Å². The van der Waals surface area contributed by atoms with Crippen molar-refractivity contribution in [2.24, 2.45) is 0 Å². The van der Waals surface area contributed by atoms with Crippen LogP contribution in [0.3, 0.4) is 0 Å². The molecule has 2 aromatic rings. The van der Waals surface area contributed by atoms with Crippen molar-refractivity contribution in [1.82, 2.24) is 4.98 Å². The lowest BCUT2D eigenvalue weighted by Gasteiger charge is -2.13. The standard InChI is InChI=1S/C12H10F2N2O/c13-7-1-2-8(10(14)5-7)12(17)9-6-16-4-3-11(9)15/h1-6,12,17H,(H2,15,16). The molecule has 1 unspecified atom stereocenters. The second-order valence-electron chi connectivity index (χ2n) is 3.57. The van der Waals surface area contributed by atoms with Gasteiger partial charge in [0.15, 0.2) is 0 Å². The maximum absolute atomic E-state index is 13.5. The van der Waals surface area contributed by atoms with Gasteiger partial charge in [0.05, 0.1) is 0 Å². The van der Waals surface area contributed by atoms with E-state index in [0.29, 0.717) is 11.8 Å². The van der Waals surface area contributed by atoms with Crippen molar-refractivity contribution in [1.29, 1.82) is 0 Å². The normalized spacial score (nSPS) is 12.4. The maximum atomic E-state index is 13.5. The van der Waals surface area contributed by atoms with Gasteiger partial charge in [-0.1, -0.05) is 6.07 Å². The van der Waals surface area contributed by atoms with E-state index in [4.69, 9.17) is 5.73 Å². The number of hydrogen-bond donors (Lipinski definition) is 2. The van der Waals surface area contributed by atoms with Crippen LogP contribution in [0.25, 0.3) is 0 Å². The first-order valence-corrected chi connectivity index (χ1v) is 4.92. The van der Waals surface area contributed by atoms with E-state index in [1.807, 2.05) is 0 Å². The highest BCUT2D eigenvalue weighted by Gasteiger charge is 2.17. The summed E-state index contributed by atoms with van der Waals surface area (Å²) in [7, 11) is 0. The summed E-state index contributed by atoms with van der Waals surface area (Å²) >= 11 is 0. The second-order valence-corrected chi connectivity index (χ2v) is 3.57. The molecule has 0 fully saturated rings. The molecule has 0 spiro atoms. The van der Waals surface area contributed by atoms with Gasteiger partial charge in [-0.3, -0.25) is 4.98 Å². The van der Waals surface area contributed by atoms with Gasteiger partial charge in [0, 0.05) is 35.3 Å². The molecule has 0 saturated carbocycles. The number of benzene rings is 1. The van der Waals surface area contributed by atoms with Crippen LogP contribution in [0.15, 0.2) is 36.7 Å². The molecule has 0 saturated heterocycles. The monoisotopic (exact) mass is 236 g/mol. The Bertz CT molecular complexity index is 546. The number of anilines is 1. The number of nitrogens with zero attached hydrogens (tertiary/aromatic N) is 1. The molecule has 17 heavy (non-hydrogen) atoms. The fraction of sp³-hybridized carbons (Fsp3) is 0.0833. The third-order valence-electron chi connectivity index (χ3n) is 2.44. The number of aliphatic hydroxyl groups is 1. The van der Waals surface area contributed by atoms with Gasteiger partial charge >= 0.3 is 0 Å². The Labute approximate surface area is 96.5 Å². The summed E-state index contributed by atoms with van der Waals surface area (Å²) in [5.41, 5.74) is 6.20. The van der Waals surface area contributed by atoms with E-state index < -0.39 is 17.7 Å². The first-order chi connectivity index (χ1) is 8.09. The summed E-state index contributed by atoms with van der Waals surface area (Å²) in [6.07, 6.45) is 1.55. The van der Waals surface area contributed by atoms with Crippen LogP contribution < -0.4 is 5.73 Å². The van der Waals surface area contributed by atoms with E-state index >= 15 is 0 Å². The minimum absolute atomic E-state index is 0.0360. The van der Waals surface area contributed by atoms with E-state index in [2.05, 4.69) is 4.98 Å². The number of aromatic nitrogens is 1. The van der Waals surface area contributed by atoms with Crippen molar-refractivity contribution in [3.05, 3.63) is 59.4 Å². The zero-order chi connectivity index (χ0) is 12.4. The van der Waals surface area contributed by atoms with Gasteiger partial charge in [-0.05, 0) is 12.1 Å². The van der Waals surface area contributed by atoms with Crippen molar-refractivity contribution in [3.63, 3.8) is 0 Å². The van der Waals surface area contributed by atoms with Crippen molar-refractivity contribution in [2.45, 2.75) is 6.10 Å². The largest absolute Gasteiger partial charge is 0.398 e. The van der Waals surface area contributed by atoms with E-state index in [9.17, 15) is 13.9 Å². The minimum Gasteiger partial charge on any atom is -0.398 e. The number of aliphatic hydroxyl groups excluding tert-OH is 1. The predicted molar refractivity (Wildman–Crippen MR) is 59.1 cm³/mol. The molecule has 0 radical (unpaired) electrons. The summed E-state index contributed by atoms with van der Waals surface area (Å²) in [6.45, 7) is 0. The Morgan fingerprint density at radius 2 is 1.94 bits per heavy atom. The third-order valence-corrected chi connectivity index (χ3v) is 2.44. The summed E-state index contributed by atoms with van der Waals surface area (Å²) in [5.74, 6) is -1.52. The first-order valence-electron chi connectivity index (χ1n) is 4.92. The molecule has 5 heteroatoms. The van der Waals surface area contributed by atoms with E-state index in [-0.39, 0.29) is 11.1 Å². The molecule has 1 heterocycles. The summed E-state index contributed by atoms with van der Waals surface area (Å²) in [5, 5.41) is 9.96. The Morgan fingerprint density at radius 1 is 1.18 bits per heavy atom. The topological polar surface area (TPSA) is 59.1 Å². The van der Waals surface area contributed by atoms with Crippen molar-refractivity contribution in [2.75, 3.05) is 5.73 Å². The van der Waals surface area contributed by atoms with Crippen molar-refractivity contribution < 1.29 is 13.9 Å². The summed E-state index contributed by atoms with van der Waals surface area (Å²) in [4.78, 5) is 3.80. The lowest BCUT2D eigenvalue weighted by atomic mass is 10.0. The van der Waals surface area contributed by atoms with E-state index in [1.165, 1.54) is 24.5 Å². The predicted octanol–water partition coefficient (Wildman–Crippen LogP) is 2.02. The Kier molecular flexibility index (Phi) is 3.01. The number of nitrogens with two attached hydrogens (primary N) is 1. The lowest BCUT2D eigenvalue weighted by molar-refractivity contribution is 0.215. The van der Waals surface area contributed by atoms with Crippen LogP contribution in [0.1, 0.15) is 17.2 Å². The number of halogens is 2. The molecule has 0 amide bonds. The van der Waals surface area contributed by atoms with Gasteiger partial charge in [-0.25, -0.2) is 8.78 Å². The van der Waals surface area contributed by atoms with Crippen LogP contribution in [-0.2, 0) is 0 Å². The number of rotatable bonds is 2. The molecule has 3 N–H and O–H groups in total. The average molecular weight is 236 g/mol. The molecule has 0 aliphatic carbocycles. The molecular weight excluding hydrogens is 226 g/mol. The van der Waals surface area contributed by atoms with Crippen molar-refractivity contribution in [3.8, 4) is 0 Å². The highest BCUT2D eigenvalue weighted by Crippen LogP contribution is 2.27. The first kappa shape index (κ1) is 11.5. The molecule has 0 aliphatic rings. The van der Waals surface area contributed by atoms with Crippen LogP contribution in [0.5, 0.6) is 0 Å². The highest BCUT2D eigenvalue weighted by atomic mass is 19.1. The molecule has 0 aliphatic heterocycles. The fourth-order valence-electron chi connectivity index (χ4n) is 1.54. The smallest absolute Gasteiger partial charge is 0.132 e. The Hall–Kier alpha value is -2.01. The van der Waals surface area contributed by atoms with Gasteiger partial charge in [-0.15, -0.1) is 0 Å². The Morgan fingerprint density at radius 3 is 2.59 bits per heavy atom. The number of pyridine rings is 1. The second kappa shape index (κ2) is 4.47. The van der Waals surface area contributed by atoms with Crippen molar-refractivity contribution >= 4 is 5.69 Å². The van der Waals surface area contributed by atoms with Crippen LogP contribution in [0, 0.1) is 11.6 Å². The van der Waals surface area contributed by atoms with Gasteiger partial charge in [0.2, 0.25) is 0 Å². The molecule has 88 valence electrons. The average Bonchev–Trinajstić information content (AvgIpc) is 2.29. The quantitative estimate of drug-likeness (QED) is 0.838. The van der Waals surface area contributed by atoms with Crippen LogP contribution in [-0.4, -0.2) is 10.1 Å². The number of hydrogen-bond acceptors (Lipinski definition) is 3.